The molecule has 7 heteroatoms. The first-order valence-electron chi connectivity index (χ1n) is 12.2. The van der Waals surface area contributed by atoms with Gasteiger partial charge in [0.1, 0.15) is 0 Å². The van der Waals surface area contributed by atoms with Gasteiger partial charge in [-0.3, -0.25) is 4.99 Å². The molecule has 30 heavy (non-hydrogen) atoms. The smallest absolute Gasteiger partial charge is 0.191 e. The molecule has 3 aliphatic rings. The van der Waals surface area contributed by atoms with Gasteiger partial charge in [-0.05, 0) is 44.4 Å². The number of aromatic nitrogens is 1. The van der Waals surface area contributed by atoms with Gasteiger partial charge in [0.2, 0.25) is 0 Å². The van der Waals surface area contributed by atoms with E-state index >= 15 is 0 Å². The van der Waals surface area contributed by atoms with Crippen LogP contribution >= 0.6 is 11.3 Å². The lowest BCUT2D eigenvalue weighted by atomic mass is 9.88. The number of anilines is 1. The third-order valence-corrected chi connectivity index (χ3v) is 7.93. The molecule has 0 unspecified atom stereocenters. The molecular weight excluding hydrogens is 392 g/mol. The maximum Gasteiger partial charge on any atom is 0.191 e. The zero-order chi connectivity index (χ0) is 20.6. The van der Waals surface area contributed by atoms with Crippen molar-refractivity contribution < 1.29 is 0 Å². The average Bonchev–Trinajstić information content (AvgIpc) is 3.47. The molecule has 0 spiro atoms. The van der Waals surface area contributed by atoms with Gasteiger partial charge in [0.05, 0.1) is 5.69 Å². The van der Waals surface area contributed by atoms with Crippen LogP contribution in [-0.4, -0.2) is 68.2 Å². The SMILES string of the molecule is CN=C(NCCc1csc(N2CCCC2)n1)NC1CCN(CC2CCCCC2)CC1. The van der Waals surface area contributed by atoms with Gasteiger partial charge in [0.15, 0.2) is 11.1 Å². The first-order valence-corrected chi connectivity index (χ1v) is 13.1. The Labute approximate surface area is 186 Å². The summed E-state index contributed by atoms with van der Waals surface area (Å²) in [5, 5.41) is 10.6. The summed E-state index contributed by atoms with van der Waals surface area (Å²) in [6, 6.07) is 0.542. The van der Waals surface area contributed by atoms with E-state index in [9.17, 15) is 0 Å². The van der Waals surface area contributed by atoms with Gasteiger partial charge in [-0.25, -0.2) is 4.98 Å². The minimum atomic E-state index is 0.542. The van der Waals surface area contributed by atoms with Crippen LogP contribution in [0.3, 0.4) is 0 Å². The number of hydrogen-bond donors (Lipinski definition) is 2. The van der Waals surface area contributed by atoms with E-state index in [1.807, 2.05) is 7.05 Å². The topological polar surface area (TPSA) is 55.8 Å². The van der Waals surface area contributed by atoms with E-state index in [1.165, 1.54) is 101 Å². The Morgan fingerprint density at radius 3 is 2.57 bits per heavy atom. The van der Waals surface area contributed by atoms with Crippen LogP contribution in [0.2, 0.25) is 0 Å². The first kappa shape index (κ1) is 21.9. The predicted molar refractivity (Wildman–Crippen MR) is 128 cm³/mol. The minimum absolute atomic E-state index is 0.542. The number of thiazole rings is 1. The van der Waals surface area contributed by atoms with Crippen molar-refractivity contribution in [3.63, 3.8) is 0 Å². The van der Waals surface area contributed by atoms with E-state index in [1.54, 1.807) is 11.3 Å². The van der Waals surface area contributed by atoms with E-state index in [2.05, 4.69) is 30.8 Å². The molecule has 0 amide bonds. The summed E-state index contributed by atoms with van der Waals surface area (Å²) in [4.78, 5) is 14.4. The first-order chi connectivity index (χ1) is 14.8. The fourth-order valence-electron chi connectivity index (χ4n) is 5.16. The van der Waals surface area contributed by atoms with E-state index in [0.29, 0.717) is 6.04 Å². The molecule has 2 aliphatic heterocycles. The van der Waals surface area contributed by atoms with Crippen molar-refractivity contribution >= 4 is 22.4 Å². The van der Waals surface area contributed by atoms with Crippen LogP contribution in [0, 0.1) is 5.92 Å². The number of nitrogens with zero attached hydrogens (tertiary/aromatic N) is 4. The standard InChI is InChI=1S/C23H40N6S/c1-24-22(25-12-9-21-18-30-23(27-21)29-13-5-6-14-29)26-20-10-15-28(16-11-20)17-19-7-3-2-4-8-19/h18-20H,2-17H2,1H3,(H2,24,25,26). The fraction of sp³-hybridized carbons (Fsp3) is 0.826. The number of hydrogen-bond acceptors (Lipinski definition) is 5. The highest BCUT2D eigenvalue weighted by atomic mass is 32.1. The normalized spacial score (nSPS) is 22.6. The maximum atomic E-state index is 4.83. The lowest BCUT2D eigenvalue weighted by molar-refractivity contribution is 0.160. The lowest BCUT2D eigenvalue weighted by Crippen LogP contribution is -2.49. The van der Waals surface area contributed by atoms with Gasteiger partial charge in [-0.1, -0.05) is 19.3 Å². The molecule has 3 fully saturated rings. The van der Waals surface area contributed by atoms with Gasteiger partial charge < -0.3 is 20.4 Å². The predicted octanol–water partition coefficient (Wildman–Crippen LogP) is 3.50. The summed E-state index contributed by atoms with van der Waals surface area (Å²) >= 11 is 1.79. The van der Waals surface area contributed by atoms with Gasteiger partial charge in [-0.2, -0.15) is 0 Å². The van der Waals surface area contributed by atoms with Crippen LogP contribution in [0.25, 0.3) is 0 Å². The van der Waals surface area contributed by atoms with Crippen molar-refractivity contribution in [3.8, 4) is 0 Å². The van der Waals surface area contributed by atoms with E-state index in [4.69, 9.17) is 4.98 Å². The summed E-state index contributed by atoms with van der Waals surface area (Å²) < 4.78 is 0. The van der Waals surface area contributed by atoms with Gasteiger partial charge in [-0.15, -0.1) is 11.3 Å². The Bertz CT molecular complexity index is 654. The van der Waals surface area contributed by atoms with Gasteiger partial charge in [0, 0.05) is 64.2 Å². The molecule has 4 rings (SSSR count). The van der Waals surface area contributed by atoms with Crippen LogP contribution in [-0.2, 0) is 6.42 Å². The molecule has 1 aliphatic carbocycles. The Balaban J connectivity index is 1.13. The zero-order valence-electron chi connectivity index (χ0n) is 18.7. The van der Waals surface area contributed by atoms with Crippen molar-refractivity contribution in [1.29, 1.82) is 0 Å². The van der Waals surface area contributed by atoms with Crippen LogP contribution in [0.4, 0.5) is 5.13 Å². The second-order valence-electron chi connectivity index (χ2n) is 9.29. The highest BCUT2D eigenvalue weighted by Crippen LogP contribution is 2.26. The molecule has 2 N–H and O–H groups in total. The molecule has 0 radical (unpaired) electrons. The van der Waals surface area contributed by atoms with Crippen molar-refractivity contribution in [3.05, 3.63) is 11.1 Å². The number of aliphatic imine (C=N–C) groups is 1. The number of rotatable bonds is 7. The maximum absolute atomic E-state index is 4.83. The van der Waals surface area contributed by atoms with Gasteiger partial charge >= 0.3 is 0 Å². The molecule has 1 saturated carbocycles. The molecule has 168 valence electrons. The molecule has 6 nitrogen and oxygen atoms in total. The summed E-state index contributed by atoms with van der Waals surface area (Å²) in [6.45, 7) is 6.99. The van der Waals surface area contributed by atoms with E-state index in [-0.39, 0.29) is 0 Å². The van der Waals surface area contributed by atoms with E-state index < -0.39 is 0 Å². The summed E-state index contributed by atoms with van der Waals surface area (Å²) in [6.07, 6.45) is 13.3. The van der Waals surface area contributed by atoms with Crippen LogP contribution < -0.4 is 15.5 Å². The zero-order valence-corrected chi connectivity index (χ0v) is 19.6. The van der Waals surface area contributed by atoms with Gasteiger partial charge in [0.25, 0.3) is 0 Å². The molecular formula is C23H40N6S. The third-order valence-electron chi connectivity index (χ3n) is 6.98. The summed E-state index contributed by atoms with van der Waals surface area (Å²) in [7, 11) is 1.88. The van der Waals surface area contributed by atoms with Crippen molar-refractivity contribution in [2.45, 2.75) is 70.3 Å². The van der Waals surface area contributed by atoms with Crippen LogP contribution in [0.15, 0.2) is 10.4 Å². The van der Waals surface area contributed by atoms with E-state index in [0.717, 1.165) is 24.8 Å². The highest BCUT2D eigenvalue weighted by Gasteiger charge is 2.23. The Kier molecular flexibility index (Phi) is 8.26. The summed E-state index contributed by atoms with van der Waals surface area (Å²) in [5.41, 5.74) is 1.20. The largest absolute Gasteiger partial charge is 0.356 e. The second-order valence-corrected chi connectivity index (χ2v) is 10.1. The molecule has 1 aromatic rings. The lowest BCUT2D eigenvalue weighted by Gasteiger charge is -2.36. The van der Waals surface area contributed by atoms with Crippen LogP contribution in [0.1, 0.15) is 63.5 Å². The third kappa shape index (κ3) is 6.33. The Morgan fingerprint density at radius 2 is 1.83 bits per heavy atom. The Morgan fingerprint density at radius 1 is 1.07 bits per heavy atom. The quantitative estimate of drug-likeness (QED) is 0.510. The summed E-state index contributed by atoms with van der Waals surface area (Å²) in [5.74, 6) is 1.89. The van der Waals surface area contributed by atoms with Crippen molar-refractivity contribution in [1.82, 2.24) is 20.5 Å². The van der Waals surface area contributed by atoms with Crippen LogP contribution in [0.5, 0.6) is 0 Å². The Hall–Kier alpha value is -1.34. The molecule has 0 aromatic carbocycles. The van der Waals surface area contributed by atoms with Crippen molar-refractivity contribution in [2.24, 2.45) is 10.9 Å². The molecule has 1 aromatic heterocycles. The number of guanidine groups is 1. The molecule has 0 atom stereocenters. The number of piperidine rings is 1. The number of nitrogens with one attached hydrogen (secondary N) is 2. The highest BCUT2D eigenvalue weighted by molar-refractivity contribution is 7.13. The molecule has 3 heterocycles. The van der Waals surface area contributed by atoms with Crippen molar-refractivity contribution in [2.75, 3.05) is 51.2 Å². The fourth-order valence-corrected chi connectivity index (χ4v) is 6.07. The monoisotopic (exact) mass is 432 g/mol. The number of likely N-dealkylation sites (tertiary alicyclic amines) is 1. The molecule has 0 bridgehead atoms. The second kappa shape index (κ2) is 11.3. The molecule has 2 saturated heterocycles. The minimum Gasteiger partial charge on any atom is -0.356 e. The average molecular weight is 433 g/mol.